The summed E-state index contributed by atoms with van der Waals surface area (Å²) in [7, 11) is 1.82. The molecular weight excluding hydrogens is 415 g/mol. The van der Waals surface area contributed by atoms with Crippen LogP contribution in [0.15, 0.2) is 23.2 Å². The van der Waals surface area contributed by atoms with Crippen LogP contribution in [0.1, 0.15) is 25.0 Å². The van der Waals surface area contributed by atoms with E-state index >= 15 is 0 Å². The van der Waals surface area contributed by atoms with Crippen molar-refractivity contribution < 1.29 is 4.74 Å². The molecule has 0 spiro atoms. The van der Waals surface area contributed by atoms with Gasteiger partial charge in [-0.1, -0.05) is 26.0 Å². The van der Waals surface area contributed by atoms with E-state index in [1.54, 1.807) is 0 Å². The Kier molecular flexibility index (Phi) is 10.1. The third-order valence-corrected chi connectivity index (χ3v) is 4.30. The second-order valence-corrected chi connectivity index (χ2v) is 5.74. The zero-order chi connectivity index (χ0) is 16.5. The predicted octanol–water partition coefficient (Wildman–Crippen LogP) is 2.29. The number of halogens is 1. The first-order valence-corrected chi connectivity index (χ1v) is 8.68. The molecule has 2 N–H and O–H groups in total. The molecule has 0 saturated heterocycles. The number of hydrogen-bond donors (Lipinski definition) is 2. The molecule has 1 aromatic rings. The van der Waals surface area contributed by atoms with Crippen molar-refractivity contribution in [3.05, 3.63) is 29.3 Å². The minimum Gasteiger partial charge on any atom is -0.493 e. The average Bonchev–Trinajstić information content (AvgIpc) is 3.05. The van der Waals surface area contributed by atoms with Gasteiger partial charge in [-0.3, -0.25) is 4.99 Å². The Morgan fingerprint density at radius 3 is 2.67 bits per heavy atom. The lowest BCUT2D eigenvalue weighted by Gasteiger charge is -2.19. The van der Waals surface area contributed by atoms with Gasteiger partial charge < -0.3 is 20.3 Å². The smallest absolute Gasteiger partial charge is 0.191 e. The number of benzene rings is 1. The quantitative estimate of drug-likeness (QED) is 0.366. The van der Waals surface area contributed by atoms with Gasteiger partial charge in [-0.15, -0.1) is 24.0 Å². The molecule has 0 radical (unpaired) electrons. The summed E-state index contributed by atoms with van der Waals surface area (Å²) in [5, 5.41) is 6.76. The third-order valence-electron chi connectivity index (χ3n) is 4.30. The van der Waals surface area contributed by atoms with Gasteiger partial charge in [0.05, 0.1) is 6.61 Å². The molecule has 5 nitrogen and oxygen atoms in total. The lowest BCUT2D eigenvalue weighted by atomic mass is 10.1. The molecule has 1 aliphatic rings. The van der Waals surface area contributed by atoms with Crippen molar-refractivity contribution in [2.24, 2.45) is 4.99 Å². The van der Waals surface area contributed by atoms with Gasteiger partial charge in [0.2, 0.25) is 0 Å². The van der Waals surface area contributed by atoms with Crippen molar-refractivity contribution in [1.82, 2.24) is 15.5 Å². The molecule has 2 rings (SSSR count). The highest BCUT2D eigenvalue weighted by Gasteiger charge is 2.11. The number of fused-ring (bicyclic) bond motifs is 1. The van der Waals surface area contributed by atoms with Gasteiger partial charge in [0, 0.05) is 33.1 Å². The fourth-order valence-corrected chi connectivity index (χ4v) is 2.81. The Bertz CT molecular complexity index is 518. The minimum absolute atomic E-state index is 0. The van der Waals surface area contributed by atoms with Crippen LogP contribution in [0, 0.1) is 0 Å². The molecule has 0 aliphatic carbocycles. The van der Waals surface area contributed by atoms with Gasteiger partial charge in [0.1, 0.15) is 5.75 Å². The summed E-state index contributed by atoms with van der Waals surface area (Å²) in [4.78, 5) is 6.68. The van der Waals surface area contributed by atoms with E-state index in [2.05, 4.69) is 52.6 Å². The Balaban J connectivity index is 0.00000288. The van der Waals surface area contributed by atoms with E-state index in [1.165, 1.54) is 11.1 Å². The van der Waals surface area contributed by atoms with Gasteiger partial charge in [-0.25, -0.2) is 0 Å². The number of nitrogens with one attached hydrogen (secondary N) is 2. The van der Waals surface area contributed by atoms with Gasteiger partial charge in [-0.05, 0) is 36.7 Å². The molecule has 0 aromatic heterocycles. The zero-order valence-corrected chi connectivity index (χ0v) is 17.4. The molecule has 0 fully saturated rings. The van der Waals surface area contributed by atoms with Gasteiger partial charge >= 0.3 is 0 Å². The highest BCUT2D eigenvalue weighted by molar-refractivity contribution is 14.0. The fraction of sp³-hybridized carbons (Fsp3) is 0.611. The van der Waals surface area contributed by atoms with E-state index in [-0.39, 0.29) is 24.0 Å². The molecule has 1 aliphatic heterocycles. The Hall–Kier alpha value is -1.02. The van der Waals surface area contributed by atoms with Crippen LogP contribution in [0.5, 0.6) is 5.75 Å². The normalized spacial score (nSPS) is 13.2. The number of ether oxygens (including phenoxy) is 1. The standard InChI is InChI=1S/C18H30N4O.HI/c1-4-22(5-2)12-11-21-18(19-3)20-10-8-15-6-7-17-16(14-15)9-13-23-17;/h6-7,14H,4-5,8-13H2,1-3H3,(H2,19,20,21);1H. The number of likely N-dealkylation sites (N-methyl/N-ethyl adjacent to an activating group) is 1. The largest absolute Gasteiger partial charge is 0.493 e. The second kappa shape index (κ2) is 11.5. The second-order valence-electron chi connectivity index (χ2n) is 5.74. The first-order valence-electron chi connectivity index (χ1n) is 8.68. The van der Waals surface area contributed by atoms with E-state index in [4.69, 9.17) is 4.74 Å². The first kappa shape index (κ1) is 21.0. The SMILES string of the molecule is CCN(CC)CCNC(=NC)NCCc1ccc2c(c1)CCO2.I. The maximum atomic E-state index is 5.55. The van der Waals surface area contributed by atoms with Crippen molar-refractivity contribution in [3.8, 4) is 5.75 Å². The van der Waals surface area contributed by atoms with Crippen molar-refractivity contribution in [2.45, 2.75) is 26.7 Å². The molecule has 0 unspecified atom stereocenters. The first-order chi connectivity index (χ1) is 11.3. The average molecular weight is 446 g/mol. The van der Waals surface area contributed by atoms with Crippen LogP contribution in [-0.2, 0) is 12.8 Å². The molecule has 0 atom stereocenters. The lowest BCUT2D eigenvalue weighted by Crippen LogP contribution is -2.42. The van der Waals surface area contributed by atoms with E-state index < -0.39 is 0 Å². The van der Waals surface area contributed by atoms with E-state index in [0.29, 0.717) is 0 Å². The third kappa shape index (κ3) is 6.47. The van der Waals surface area contributed by atoms with Crippen LogP contribution >= 0.6 is 24.0 Å². The number of guanidine groups is 1. The summed E-state index contributed by atoms with van der Waals surface area (Å²) in [6.45, 7) is 10.2. The summed E-state index contributed by atoms with van der Waals surface area (Å²) < 4.78 is 5.55. The topological polar surface area (TPSA) is 48.9 Å². The Labute approximate surface area is 163 Å². The molecule has 1 aromatic carbocycles. The van der Waals surface area contributed by atoms with E-state index in [0.717, 1.165) is 63.9 Å². The highest BCUT2D eigenvalue weighted by atomic mass is 127. The van der Waals surface area contributed by atoms with Crippen LogP contribution in [0.3, 0.4) is 0 Å². The van der Waals surface area contributed by atoms with Gasteiger partial charge in [0.25, 0.3) is 0 Å². The Morgan fingerprint density at radius 2 is 1.96 bits per heavy atom. The monoisotopic (exact) mass is 446 g/mol. The number of hydrogen-bond acceptors (Lipinski definition) is 3. The van der Waals surface area contributed by atoms with Crippen molar-refractivity contribution in [2.75, 3.05) is 46.4 Å². The van der Waals surface area contributed by atoms with Crippen LogP contribution in [0.4, 0.5) is 0 Å². The maximum Gasteiger partial charge on any atom is 0.191 e. The summed E-state index contributed by atoms with van der Waals surface area (Å²) >= 11 is 0. The summed E-state index contributed by atoms with van der Waals surface area (Å²) in [5.74, 6) is 1.93. The Morgan fingerprint density at radius 1 is 1.21 bits per heavy atom. The predicted molar refractivity (Wildman–Crippen MR) is 112 cm³/mol. The van der Waals surface area contributed by atoms with E-state index in [9.17, 15) is 0 Å². The summed E-state index contributed by atoms with van der Waals surface area (Å²) in [6.07, 6.45) is 2.02. The van der Waals surface area contributed by atoms with Crippen molar-refractivity contribution in [1.29, 1.82) is 0 Å². The zero-order valence-electron chi connectivity index (χ0n) is 15.1. The maximum absolute atomic E-state index is 5.55. The minimum atomic E-state index is 0. The molecule has 136 valence electrons. The molecule has 0 saturated carbocycles. The fourth-order valence-electron chi connectivity index (χ4n) is 2.81. The van der Waals surface area contributed by atoms with Gasteiger partial charge in [0.15, 0.2) is 5.96 Å². The van der Waals surface area contributed by atoms with Crippen LogP contribution in [-0.4, -0.2) is 57.2 Å². The molecule has 6 heteroatoms. The summed E-state index contributed by atoms with van der Waals surface area (Å²) in [6, 6.07) is 6.51. The van der Waals surface area contributed by atoms with Gasteiger partial charge in [-0.2, -0.15) is 0 Å². The highest BCUT2D eigenvalue weighted by Crippen LogP contribution is 2.25. The molecule has 0 bridgehead atoms. The number of rotatable bonds is 8. The van der Waals surface area contributed by atoms with Crippen LogP contribution in [0.25, 0.3) is 0 Å². The van der Waals surface area contributed by atoms with Crippen molar-refractivity contribution in [3.63, 3.8) is 0 Å². The van der Waals surface area contributed by atoms with Crippen molar-refractivity contribution >= 4 is 29.9 Å². The molecule has 1 heterocycles. The number of nitrogens with zero attached hydrogens (tertiary/aromatic N) is 2. The molecule has 24 heavy (non-hydrogen) atoms. The van der Waals surface area contributed by atoms with Crippen LogP contribution < -0.4 is 15.4 Å². The summed E-state index contributed by atoms with van der Waals surface area (Å²) in [5.41, 5.74) is 2.68. The van der Waals surface area contributed by atoms with E-state index in [1.807, 2.05) is 7.05 Å². The van der Waals surface area contributed by atoms with Crippen LogP contribution in [0.2, 0.25) is 0 Å². The lowest BCUT2D eigenvalue weighted by molar-refractivity contribution is 0.308. The number of aliphatic imine (C=N–C) groups is 1. The molecular formula is C18H31IN4O. The molecule has 0 amide bonds.